The molecule has 328 valence electrons. The lowest BCUT2D eigenvalue weighted by molar-refractivity contribution is -0.137. The Labute approximate surface area is 363 Å². The van der Waals surface area contributed by atoms with E-state index in [-0.39, 0.29) is 82.2 Å². The molecule has 2 fully saturated rings. The van der Waals surface area contributed by atoms with Crippen LogP contribution in [0.4, 0.5) is 23.1 Å². The van der Waals surface area contributed by atoms with E-state index >= 15 is 0 Å². The number of carbonyl (C=O) groups excluding carboxylic acids is 5. The van der Waals surface area contributed by atoms with Gasteiger partial charge in [-0.1, -0.05) is 32.3 Å². The summed E-state index contributed by atoms with van der Waals surface area (Å²) in [5.41, 5.74) is 4.47. The molecule has 19 heteroatoms. The van der Waals surface area contributed by atoms with Gasteiger partial charge in [0.15, 0.2) is 11.5 Å². The maximum absolute atomic E-state index is 13.1. The third-order valence-electron chi connectivity index (χ3n) is 11.8. The molecule has 1 unspecified atom stereocenters. The molecule has 8 rings (SSSR count). The second-order valence-corrected chi connectivity index (χ2v) is 15.8. The highest BCUT2D eigenvalue weighted by atomic mass is 16.5. The summed E-state index contributed by atoms with van der Waals surface area (Å²) in [5, 5.41) is 21.1. The summed E-state index contributed by atoms with van der Waals surface area (Å²) in [4.78, 5) is 80.7. The second-order valence-electron chi connectivity index (χ2n) is 15.8. The summed E-state index contributed by atoms with van der Waals surface area (Å²) >= 11 is 0. The number of nitriles is 1. The van der Waals surface area contributed by atoms with Crippen molar-refractivity contribution >= 4 is 52.7 Å². The molecule has 2 aromatic heterocycles. The van der Waals surface area contributed by atoms with Crippen LogP contribution in [0.3, 0.4) is 0 Å². The van der Waals surface area contributed by atoms with Crippen LogP contribution >= 0.6 is 0 Å². The van der Waals surface area contributed by atoms with Gasteiger partial charge in [0, 0.05) is 47.9 Å². The van der Waals surface area contributed by atoms with E-state index < -0.39 is 17.9 Å². The molecule has 63 heavy (non-hydrogen) atoms. The first-order chi connectivity index (χ1) is 30.7. The lowest BCUT2D eigenvalue weighted by Crippen LogP contribution is -2.52. The number of hydrogen-bond acceptors (Lipinski definition) is 14. The number of piperidine rings is 1. The van der Waals surface area contributed by atoms with Crippen molar-refractivity contribution in [2.24, 2.45) is 0 Å². The number of aromatic nitrogens is 4. The minimum atomic E-state index is -0.758. The van der Waals surface area contributed by atoms with Gasteiger partial charge in [0.1, 0.15) is 36.5 Å². The normalized spacial score (nSPS) is 18.0. The average Bonchev–Trinajstić information content (AvgIpc) is 4.05. The Morgan fingerprint density at radius 1 is 1.02 bits per heavy atom. The van der Waals surface area contributed by atoms with Crippen molar-refractivity contribution in [1.29, 1.82) is 5.26 Å². The maximum atomic E-state index is 13.1. The number of hydrogen-bond donors (Lipinski definition) is 4. The molecule has 4 aromatic rings. The topological polar surface area (TPSA) is 235 Å². The Morgan fingerprint density at radius 3 is 2.62 bits per heavy atom. The molecule has 4 aliphatic rings. The molecule has 1 saturated heterocycles. The van der Waals surface area contributed by atoms with Gasteiger partial charge in [0.2, 0.25) is 23.7 Å². The predicted octanol–water partition coefficient (Wildman–Crippen LogP) is 4.05. The zero-order valence-corrected chi connectivity index (χ0v) is 35.1. The summed E-state index contributed by atoms with van der Waals surface area (Å²) in [7, 11) is 1.52. The Kier molecular flexibility index (Phi) is 12.9. The number of rotatable bonds is 17. The van der Waals surface area contributed by atoms with Crippen LogP contribution in [-0.2, 0) is 30.4 Å². The number of imide groups is 1. The smallest absolute Gasteiger partial charge is 0.255 e. The van der Waals surface area contributed by atoms with E-state index in [1.807, 2.05) is 4.57 Å². The molecule has 3 aliphatic heterocycles. The fraction of sp³-hybridized carbons (Fsp3) is 0.432. The molecule has 1 aliphatic carbocycles. The monoisotopic (exact) mass is 859 g/mol. The van der Waals surface area contributed by atoms with E-state index in [1.165, 1.54) is 12.0 Å². The quantitative estimate of drug-likeness (QED) is 0.0867. The molecular formula is C44H49N11O8. The molecule has 5 heterocycles. The van der Waals surface area contributed by atoms with Crippen LogP contribution in [0, 0.1) is 11.3 Å². The molecule has 2 aromatic carbocycles. The summed E-state index contributed by atoms with van der Waals surface area (Å²) in [6, 6.07) is 11.8. The number of amides is 5. The highest BCUT2D eigenvalue weighted by molar-refractivity contribution is 6.07. The number of fused-ring (bicyclic) bond motifs is 4. The van der Waals surface area contributed by atoms with E-state index in [0.717, 1.165) is 55.7 Å². The molecule has 0 spiro atoms. The zero-order chi connectivity index (χ0) is 44.0. The number of carbonyl (C=O) groups is 5. The van der Waals surface area contributed by atoms with Crippen LogP contribution in [0.25, 0.3) is 5.69 Å². The molecule has 0 bridgehead atoms. The summed E-state index contributed by atoms with van der Waals surface area (Å²) in [5.74, 6) is -0.369. The molecule has 0 radical (unpaired) electrons. The SMILES string of the molecule is CCC[C@@H]1c2c(C#N)ncn2-c2cnc(Nc3ccc(C(=O)NCCOCCOCC(=O)Nc4cccc5c4CN(C4CCC(=O)NC4=O)C5=O)cc3OC)nc2N1C1CCCC1. The van der Waals surface area contributed by atoms with E-state index in [0.29, 0.717) is 45.5 Å². The van der Waals surface area contributed by atoms with Crippen LogP contribution in [-0.4, -0.2) is 106 Å². The number of methoxy groups -OCH3 is 1. The van der Waals surface area contributed by atoms with Gasteiger partial charge in [-0.2, -0.15) is 10.2 Å². The summed E-state index contributed by atoms with van der Waals surface area (Å²) in [6.07, 6.45) is 9.98. The molecule has 4 N–H and O–H groups in total. The summed E-state index contributed by atoms with van der Waals surface area (Å²) < 4.78 is 18.7. The van der Waals surface area contributed by atoms with Crippen molar-refractivity contribution in [2.45, 2.75) is 83.0 Å². The van der Waals surface area contributed by atoms with E-state index in [9.17, 15) is 29.2 Å². The highest BCUT2D eigenvalue weighted by Gasteiger charge is 2.41. The standard InChI is InChI=1S/C44H49N11O8/c1-3-7-33-39-32(21-45)48-25-54(39)35-22-47-44(52-40(35)55(33)27-8-4-5-9-27)50-31-13-12-26(20-36(31)61-2)41(58)46-16-17-62-18-19-63-24-38(57)49-30-11-6-10-28-29(30)23-53(43(28)60)34-14-15-37(56)51-42(34)59/h6,10-13,20,22,25,27,33-34H,3-5,7-9,14-19,23-24H2,1-2H3,(H,46,58)(H,49,57)(H,47,50,52)(H,51,56,59)/t33-,34?/m1/s1. The first kappa shape index (κ1) is 42.8. The third-order valence-corrected chi connectivity index (χ3v) is 11.8. The van der Waals surface area contributed by atoms with Crippen LogP contribution in [0.5, 0.6) is 5.75 Å². The average molecular weight is 860 g/mol. The van der Waals surface area contributed by atoms with Crippen molar-refractivity contribution in [3.05, 3.63) is 77.0 Å². The molecule has 5 amide bonds. The second kappa shape index (κ2) is 19.0. The first-order valence-electron chi connectivity index (χ1n) is 21.3. The van der Waals surface area contributed by atoms with Crippen LogP contribution < -0.4 is 30.9 Å². The lowest BCUT2D eigenvalue weighted by atomic mass is 9.98. The zero-order valence-electron chi connectivity index (χ0n) is 35.1. The third kappa shape index (κ3) is 8.90. The van der Waals surface area contributed by atoms with Gasteiger partial charge >= 0.3 is 0 Å². The number of imidazole rings is 1. The predicted molar refractivity (Wildman–Crippen MR) is 228 cm³/mol. The van der Waals surface area contributed by atoms with Crippen LogP contribution in [0.15, 0.2) is 48.9 Å². The molecule has 1 saturated carbocycles. The maximum Gasteiger partial charge on any atom is 0.255 e. The number of nitrogens with zero attached hydrogens (tertiary/aromatic N) is 7. The van der Waals surface area contributed by atoms with Gasteiger partial charge in [-0.05, 0) is 56.0 Å². The van der Waals surface area contributed by atoms with Gasteiger partial charge in [0.25, 0.3) is 11.8 Å². The number of nitrogens with one attached hydrogen (secondary N) is 4. The van der Waals surface area contributed by atoms with Crippen LogP contribution in [0.1, 0.15) is 102 Å². The Balaban J connectivity index is 0.795. The first-order valence-corrected chi connectivity index (χ1v) is 21.3. The molecular weight excluding hydrogens is 811 g/mol. The largest absolute Gasteiger partial charge is 0.495 e. The van der Waals surface area contributed by atoms with E-state index in [1.54, 1.807) is 48.9 Å². The lowest BCUT2D eigenvalue weighted by Gasteiger charge is -2.42. The van der Waals surface area contributed by atoms with Crippen LogP contribution in [0.2, 0.25) is 0 Å². The van der Waals surface area contributed by atoms with Gasteiger partial charge in [-0.25, -0.2) is 9.97 Å². The molecule has 2 atom stereocenters. The van der Waals surface area contributed by atoms with Crippen molar-refractivity contribution in [3.8, 4) is 17.5 Å². The van der Waals surface area contributed by atoms with Gasteiger partial charge in [0.05, 0.1) is 50.6 Å². The molecule has 19 nitrogen and oxygen atoms in total. The van der Waals surface area contributed by atoms with Crippen molar-refractivity contribution in [1.82, 2.24) is 35.1 Å². The Bertz CT molecular complexity index is 2460. The number of benzene rings is 2. The van der Waals surface area contributed by atoms with Gasteiger partial charge in [-0.15, -0.1) is 0 Å². The highest BCUT2D eigenvalue weighted by Crippen LogP contribution is 2.45. The Hall–Kier alpha value is -6.91. The number of anilines is 4. The minimum absolute atomic E-state index is 0.0439. The van der Waals surface area contributed by atoms with Crippen molar-refractivity contribution in [3.63, 3.8) is 0 Å². The fourth-order valence-corrected chi connectivity index (χ4v) is 8.85. The number of ether oxygens (including phenoxy) is 3. The minimum Gasteiger partial charge on any atom is -0.495 e. The van der Waals surface area contributed by atoms with E-state index in [4.69, 9.17) is 19.2 Å². The fourth-order valence-electron chi connectivity index (χ4n) is 8.85. The van der Waals surface area contributed by atoms with Gasteiger partial charge < -0.3 is 40.0 Å². The van der Waals surface area contributed by atoms with Gasteiger partial charge in [-0.3, -0.25) is 33.9 Å². The van der Waals surface area contributed by atoms with Crippen molar-refractivity contribution in [2.75, 3.05) is 55.6 Å². The Morgan fingerprint density at radius 2 is 1.84 bits per heavy atom. The van der Waals surface area contributed by atoms with Crippen molar-refractivity contribution < 1.29 is 38.2 Å². The van der Waals surface area contributed by atoms with E-state index in [2.05, 4.69) is 49.1 Å². The summed E-state index contributed by atoms with van der Waals surface area (Å²) in [6.45, 7) is 2.75.